The molecule has 2 heterocycles. The minimum atomic E-state index is -0.430. The lowest BCUT2D eigenvalue weighted by Gasteiger charge is -2.00. The molecule has 0 fully saturated rings. The maximum absolute atomic E-state index is 11.9. The number of fused-ring (bicyclic) bond motifs is 1. The molecule has 0 spiro atoms. The van der Waals surface area contributed by atoms with E-state index in [1.54, 1.807) is 18.2 Å². The Morgan fingerprint density at radius 3 is 3.05 bits per heavy atom. The van der Waals surface area contributed by atoms with Crippen molar-refractivity contribution in [3.05, 3.63) is 40.4 Å². The summed E-state index contributed by atoms with van der Waals surface area (Å²) in [6.45, 7) is 1.66. The largest absolute Gasteiger partial charge is 0.454 e. The van der Waals surface area contributed by atoms with E-state index in [1.807, 2.05) is 0 Å². The number of carbonyl (C=O) groups excluding carboxylic acids is 1. The average molecular weight is 290 g/mol. The maximum atomic E-state index is 11.9. The Morgan fingerprint density at radius 1 is 1.48 bits per heavy atom. The summed E-state index contributed by atoms with van der Waals surface area (Å²) in [4.78, 5) is 12.1. The summed E-state index contributed by atoms with van der Waals surface area (Å²) in [5.41, 5.74) is 3.16. The molecule has 0 bridgehead atoms. The third-order valence-electron chi connectivity index (χ3n) is 2.85. The summed E-state index contributed by atoms with van der Waals surface area (Å²) >= 11 is 0. The highest BCUT2D eigenvalue weighted by atomic mass is 16.8. The second-order valence-electron chi connectivity index (χ2n) is 4.17. The minimum absolute atomic E-state index is 0.138. The van der Waals surface area contributed by atoms with Gasteiger partial charge >= 0.3 is 0 Å². The second kappa shape index (κ2) is 5.12. The maximum Gasteiger partial charge on any atom is 0.271 e. The van der Waals surface area contributed by atoms with Gasteiger partial charge in [-0.2, -0.15) is 5.10 Å². The number of rotatable bonds is 3. The van der Waals surface area contributed by atoms with Crippen molar-refractivity contribution in [3.63, 3.8) is 0 Å². The van der Waals surface area contributed by atoms with Gasteiger partial charge < -0.3 is 14.7 Å². The van der Waals surface area contributed by atoms with Gasteiger partial charge in [-0.1, -0.05) is 0 Å². The van der Waals surface area contributed by atoms with Crippen molar-refractivity contribution >= 4 is 12.1 Å². The minimum Gasteiger partial charge on any atom is -0.454 e. The molecule has 1 amide bonds. The van der Waals surface area contributed by atoms with Gasteiger partial charge in [-0.25, -0.2) is 5.43 Å². The zero-order chi connectivity index (χ0) is 14.8. The van der Waals surface area contributed by atoms with Gasteiger partial charge in [-0.15, -0.1) is 0 Å². The van der Waals surface area contributed by atoms with Crippen LogP contribution in [0.2, 0.25) is 0 Å². The number of hydrazone groups is 1. The lowest BCUT2D eigenvalue weighted by atomic mass is 10.2. The van der Waals surface area contributed by atoms with E-state index >= 15 is 0 Å². The van der Waals surface area contributed by atoms with Crippen LogP contribution in [0.25, 0.3) is 0 Å². The molecule has 9 nitrogen and oxygen atoms in total. The van der Waals surface area contributed by atoms with Gasteiger partial charge in [0.1, 0.15) is 6.21 Å². The van der Waals surface area contributed by atoms with E-state index in [9.17, 15) is 10.0 Å². The van der Waals surface area contributed by atoms with Crippen molar-refractivity contribution in [2.75, 3.05) is 6.79 Å². The van der Waals surface area contributed by atoms with E-state index < -0.39 is 5.91 Å². The first-order chi connectivity index (χ1) is 10.1. The number of nitrogens with one attached hydrogen (secondary N) is 1. The smallest absolute Gasteiger partial charge is 0.271 e. The van der Waals surface area contributed by atoms with Gasteiger partial charge in [-0.05, 0) is 23.1 Å². The predicted octanol–water partition coefficient (Wildman–Crippen LogP) is 0.109. The fraction of sp³-hybridized carbons (Fsp3) is 0.167. The lowest BCUT2D eigenvalue weighted by Crippen LogP contribution is -2.26. The van der Waals surface area contributed by atoms with E-state index in [4.69, 9.17) is 9.47 Å². The molecule has 0 atom stereocenters. The Morgan fingerprint density at radius 2 is 2.29 bits per heavy atom. The van der Waals surface area contributed by atoms with E-state index in [0.717, 1.165) is 0 Å². The van der Waals surface area contributed by atoms with Gasteiger partial charge in [0.25, 0.3) is 11.6 Å². The SMILES string of the molecule is Cc1c(/C=N/NC(=O)c2ccc3c(c2)OCO3)no[n+]1[O-]. The van der Waals surface area contributed by atoms with Crippen LogP contribution < -0.4 is 19.8 Å². The van der Waals surface area contributed by atoms with Crippen LogP contribution in [0.5, 0.6) is 11.5 Å². The summed E-state index contributed by atoms with van der Waals surface area (Å²) in [5, 5.41) is 18.2. The molecule has 0 unspecified atom stereocenters. The molecule has 0 saturated carbocycles. The predicted molar refractivity (Wildman–Crippen MR) is 67.8 cm³/mol. The number of benzene rings is 1. The van der Waals surface area contributed by atoms with Crippen molar-refractivity contribution in [2.45, 2.75) is 6.92 Å². The van der Waals surface area contributed by atoms with Crippen LogP contribution in [0.4, 0.5) is 0 Å². The molecule has 1 aliphatic rings. The Balaban J connectivity index is 1.68. The van der Waals surface area contributed by atoms with Crippen LogP contribution in [0, 0.1) is 12.1 Å². The van der Waals surface area contributed by atoms with Gasteiger partial charge in [-0.3, -0.25) is 9.42 Å². The van der Waals surface area contributed by atoms with Crippen molar-refractivity contribution in [1.29, 1.82) is 0 Å². The van der Waals surface area contributed by atoms with Crippen LogP contribution in [0.15, 0.2) is 27.9 Å². The Kier molecular flexibility index (Phi) is 3.14. The fourth-order valence-corrected chi connectivity index (χ4v) is 1.67. The molecule has 0 aliphatic carbocycles. The van der Waals surface area contributed by atoms with Crippen LogP contribution in [0.3, 0.4) is 0 Å². The van der Waals surface area contributed by atoms with Crippen molar-refractivity contribution in [2.24, 2.45) is 5.10 Å². The number of carbonyl (C=O) groups is 1. The Labute approximate surface area is 118 Å². The molecule has 1 aromatic carbocycles. The molecule has 1 aromatic heterocycles. The molecular weight excluding hydrogens is 280 g/mol. The first kappa shape index (κ1) is 12.9. The first-order valence-corrected chi connectivity index (χ1v) is 5.94. The molecular formula is C12H10N4O5. The highest BCUT2D eigenvalue weighted by Gasteiger charge is 2.16. The quantitative estimate of drug-likeness (QED) is 0.487. The molecule has 0 saturated heterocycles. The second-order valence-corrected chi connectivity index (χ2v) is 4.17. The fourth-order valence-electron chi connectivity index (χ4n) is 1.67. The van der Waals surface area contributed by atoms with Crippen molar-refractivity contribution in [1.82, 2.24) is 10.6 Å². The number of hydrogen-bond donors (Lipinski definition) is 1. The Bertz CT molecular complexity index is 724. The van der Waals surface area contributed by atoms with E-state index in [-0.39, 0.29) is 23.1 Å². The van der Waals surface area contributed by atoms with Crippen molar-refractivity contribution < 1.29 is 23.8 Å². The monoisotopic (exact) mass is 290 g/mol. The van der Waals surface area contributed by atoms with E-state index in [1.165, 1.54) is 13.1 Å². The van der Waals surface area contributed by atoms with Gasteiger partial charge in [0.05, 0.1) is 0 Å². The number of nitrogens with zero attached hydrogens (tertiary/aromatic N) is 3. The zero-order valence-electron chi connectivity index (χ0n) is 10.9. The van der Waals surface area contributed by atoms with Crippen LogP contribution in [-0.2, 0) is 0 Å². The molecule has 21 heavy (non-hydrogen) atoms. The van der Waals surface area contributed by atoms with Gasteiger partial charge in [0, 0.05) is 17.6 Å². The molecule has 0 radical (unpaired) electrons. The highest BCUT2D eigenvalue weighted by Crippen LogP contribution is 2.32. The standard InChI is InChI=1S/C12H10N4O5/c1-7-9(15-21-16(7)18)5-13-14-12(17)8-2-3-10-11(4-8)20-6-19-10/h2-5H,6H2,1H3,(H,14,17)/b13-5+. The highest BCUT2D eigenvalue weighted by molar-refractivity contribution is 5.95. The van der Waals surface area contributed by atoms with E-state index in [2.05, 4.69) is 20.3 Å². The first-order valence-electron chi connectivity index (χ1n) is 5.94. The summed E-state index contributed by atoms with van der Waals surface area (Å²) in [6, 6.07) is 4.79. The normalized spacial score (nSPS) is 12.8. The van der Waals surface area contributed by atoms with Crippen LogP contribution >= 0.6 is 0 Å². The molecule has 1 N–H and O–H groups in total. The summed E-state index contributed by atoms with van der Waals surface area (Å²) in [6.07, 6.45) is 1.22. The number of ether oxygens (including phenoxy) is 2. The Hall–Kier alpha value is -3.10. The molecule has 3 rings (SSSR count). The van der Waals surface area contributed by atoms with Gasteiger partial charge in [0.15, 0.2) is 11.5 Å². The molecule has 9 heteroatoms. The number of amides is 1. The molecule has 2 aromatic rings. The molecule has 1 aliphatic heterocycles. The summed E-state index contributed by atoms with van der Waals surface area (Å²) in [5.74, 6) is 0.667. The number of hydrogen-bond acceptors (Lipinski definition) is 7. The third kappa shape index (κ3) is 2.48. The van der Waals surface area contributed by atoms with Crippen LogP contribution in [0.1, 0.15) is 21.7 Å². The summed E-state index contributed by atoms with van der Waals surface area (Å²) in [7, 11) is 0. The number of aromatic nitrogens is 2. The zero-order valence-corrected chi connectivity index (χ0v) is 10.9. The lowest BCUT2D eigenvalue weighted by molar-refractivity contribution is -0.806. The topological polar surface area (TPSA) is 113 Å². The van der Waals surface area contributed by atoms with Crippen LogP contribution in [-0.4, -0.2) is 24.1 Å². The average Bonchev–Trinajstić information content (AvgIpc) is 3.07. The van der Waals surface area contributed by atoms with E-state index in [0.29, 0.717) is 17.1 Å². The molecule has 108 valence electrons. The summed E-state index contributed by atoms with van der Waals surface area (Å²) < 4.78 is 14.7. The third-order valence-corrected chi connectivity index (χ3v) is 2.85. The van der Waals surface area contributed by atoms with Crippen molar-refractivity contribution in [3.8, 4) is 11.5 Å². The van der Waals surface area contributed by atoms with Gasteiger partial charge in [0.2, 0.25) is 12.5 Å².